The van der Waals surface area contributed by atoms with Gasteiger partial charge in [-0.05, 0) is 13.8 Å². The third-order valence-corrected chi connectivity index (χ3v) is 2.78. The van der Waals surface area contributed by atoms with Crippen molar-refractivity contribution in [1.29, 1.82) is 0 Å². The minimum absolute atomic E-state index is 0.447. The molecule has 58 valence electrons. The van der Waals surface area contributed by atoms with Crippen molar-refractivity contribution in [2.75, 3.05) is 0 Å². The van der Waals surface area contributed by atoms with E-state index in [1.54, 1.807) is 11.3 Å². The minimum Gasteiger partial charge on any atom is -0.287 e. The molecule has 1 aromatic rings. The van der Waals surface area contributed by atoms with E-state index in [0.717, 1.165) is 17.1 Å². The molecule has 2 nitrogen and oxygen atoms in total. The second-order valence-corrected chi connectivity index (χ2v) is 4.16. The summed E-state index contributed by atoms with van der Waals surface area (Å²) in [7, 11) is 0. The summed E-state index contributed by atoms with van der Waals surface area (Å²) in [4.78, 5) is 10.1. The molecule has 0 fully saturated rings. The van der Waals surface area contributed by atoms with Gasteiger partial charge in [-0.1, -0.05) is 0 Å². The van der Waals surface area contributed by atoms with Crippen LogP contribution < -0.4 is 0 Å². The van der Waals surface area contributed by atoms with Crippen molar-refractivity contribution in [3.8, 4) is 0 Å². The number of thiazole rings is 1. The van der Waals surface area contributed by atoms with E-state index in [1.165, 1.54) is 4.88 Å². The summed E-state index contributed by atoms with van der Waals surface area (Å²) in [5, 5.41) is 1.15. The maximum Gasteiger partial charge on any atom is 0.0953 e. The minimum atomic E-state index is 0.447. The average Bonchev–Trinajstić information content (AvgIpc) is 2.27. The Kier molecular flexibility index (Phi) is 1.53. The molecular formula is C8H10N2S. The van der Waals surface area contributed by atoms with Crippen molar-refractivity contribution < 1.29 is 0 Å². The second kappa shape index (κ2) is 2.41. The van der Waals surface area contributed by atoms with Gasteiger partial charge in [-0.2, -0.15) is 0 Å². The van der Waals surface area contributed by atoms with Gasteiger partial charge in [-0.15, -0.1) is 11.3 Å². The number of fused-ring (bicyclic) bond motifs is 1. The maximum absolute atomic E-state index is 4.35. The zero-order valence-corrected chi connectivity index (χ0v) is 7.48. The van der Waals surface area contributed by atoms with Gasteiger partial charge in [0.1, 0.15) is 0 Å². The Bertz CT molecular complexity index is 301. The smallest absolute Gasteiger partial charge is 0.0953 e. The number of rotatable bonds is 0. The van der Waals surface area contributed by atoms with Gasteiger partial charge in [0.15, 0.2) is 0 Å². The number of hydrogen-bond donors (Lipinski definition) is 0. The Morgan fingerprint density at radius 3 is 3.27 bits per heavy atom. The van der Waals surface area contributed by atoms with E-state index in [-0.39, 0.29) is 0 Å². The first-order chi connectivity index (χ1) is 5.25. The first kappa shape index (κ1) is 6.98. The highest BCUT2D eigenvalue weighted by Gasteiger charge is 2.14. The first-order valence-electron chi connectivity index (χ1n) is 3.75. The number of aliphatic imine (C=N–C) groups is 1. The molecule has 1 unspecified atom stereocenters. The van der Waals surface area contributed by atoms with E-state index in [2.05, 4.69) is 16.9 Å². The van der Waals surface area contributed by atoms with Crippen molar-refractivity contribution in [3.63, 3.8) is 0 Å². The molecule has 0 saturated heterocycles. The molecule has 0 aromatic carbocycles. The Balaban J connectivity index is 2.44. The first-order valence-corrected chi connectivity index (χ1v) is 4.57. The fourth-order valence-corrected chi connectivity index (χ4v) is 2.28. The number of hydrogen-bond acceptors (Lipinski definition) is 3. The highest BCUT2D eigenvalue weighted by molar-refractivity contribution is 7.11. The highest BCUT2D eigenvalue weighted by atomic mass is 32.1. The van der Waals surface area contributed by atoms with Crippen molar-refractivity contribution in [3.05, 3.63) is 15.6 Å². The van der Waals surface area contributed by atoms with Gasteiger partial charge in [0.2, 0.25) is 0 Å². The molecule has 1 aliphatic heterocycles. The second-order valence-electron chi connectivity index (χ2n) is 2.87. The lowest BCUT2D eigenvalue weighted by Crippen LogP contribution is -2.09. The van der Waals surface area contributed by atoms with Crippen LogP contribution in [0.2, 0.25) is 0 Å². The Hall–Kier alpha value is -0.700. The molecule has 0 spiro atoms. The highest BCUT2D eigenvalue weighted by Crippen LogP contribution is 2.22. The Morgan fingerprint density at radius 2 is 2.45 bits per heavy atom. The predicted octanol–water partition coefficient (Wildman–Crippen LogP) is 1.82. The number of nitrogens with zero attached hydrogens (tertiary/aromatic N) is 2. The van der Waals surface area contributed by atoms with Crippen LogP contribution in [-0.4, -0.2) is 17.2 Å². The van der Waals surface area contributed by atoms with Gasteiger partial charge in [0.05, 0.1) is 16.7 Å². The van der Waals surface area contributed by atoms with E-state index in [9.17, 15) is 0 Å². The molecule has 0 saturated carbocycles. The zero-order valence-electron chi connectivity index (χ0n) is 6.66. The lowest BCUT2D eigenvalue weighted by molar-refractivity contribution is 0.739. The topological polar surface area (TPSA) is 25.2 Å². The molecular weight excluding hydrogens is 156 g/mol. The van der Waals surface area contributed by atoms with Crippen molar-refractivity contribution in [2.24, 2.45) is 4.99 Å². The molecule has 0 N–H and O–H groups in total. The molecule has 3 heteroatoms. The number of aromatic nitrogens is 1. The van der Waals surface area contributed by atoms with Crippen LogP contribution in [0.5, 0.6) is 0 Å². The molecule has 1 atom stereocenters. The predicted molar refractivity (Wildman–Crippen MR) is 47.6 cm³/mol. The normalized spacial score (nSPS) is 21.8. The summed E-state index contributed by atoms with van der Waals surface area (Å²) < 4.78 is 0. The summed E-state index contributed by atoms with van der Waals surface area (Å²) >= 11 is 1.79. The van der Waals surface area contributed by atoms with Gasteiger partial charge < -0.3 is 0 Å². The lowest BCUT2D eigenvalue weighted by atomic mass is 10.1. The largest absolute Gasteiger partial charge is 0.287 e. The molecule has 0 bridgehead atoms. The van der Waals surface area contributed by atoms with Crippen LogP contribution in [0.15, 0.2) is 4.99 Å². The van der Waals surface area contributed by atoms with Crippen LogP contribution in [0.3, 0.4) is 0 Å². The third-order valence-electron chi connectivity index (χ3n) is 1.77. The summed E-state index contributed by atoms with van der Waals surface area (Å²) in [5.41, 5.74) is 1.09. The average molecular weight is 166 g/mol. The third kappa shape index (κ3) is 1.20. The van der Waals surface area contributed by atoms with Crippen molar-refractivity contribution in [1.82, 2.24) is 4.98 Å². The van der Waals surface area contributed by atoms with Crippen molar-refractivity contribution >= 4 is 17.6 Å². The monoisotopic (exact) mass is 166 g/mol. The van der Waals surface area contributed by atoms with Crippen molar-refractivity contribution in [2.45, 2.75) is 26.3 Å². The summed E-state index contributed by atoms with van der Waals surface area (Å²) in [6.45, 7) is 4.18. The molecule has 1 aromatic heterocycles. The summed E-state index contributed by atoms with van der Waals surface area (Å²) in [5.74, 6) is 0. The molecule has 1 aliphatic rings. The van der Waals surface area contributed by atoms with Gasteiger partial charge >= 0.3 is 0 Å². The van der Waals surface area contributed by atoms with E-state index >= 15 is 0 Å². The molecule has 0 aliphatic carbocycles. The van der Waals surface area contributed by atoms with Gasteiger partial charge in [-0.3, -0.25) is 4.99 Å². The van der Waals surface area contributed by atoms with Crippen LogP contribution in [0.25, 0.3) is 0 Å². The van der Waals surface area contributed by atoms with Crippen LogP contribution in [-0.2, 0) is 6.42 Å². The van der Waals surface area contributed by atoms with Gasteiger partial charge in [0.25, 0.3) is 0 Å². The number of aryl methyl sites for hydroxylation is 1. The summed E-state index contributed by atoms with van der Waals surface area (Å²) in [6.07, 6.45) is 2.96. The standard InChI is InChI=1S/C8H10N2S/c1-5-3-8-7(4-9-5)10-6(2)11-8/h4-5H,3H2,1-2H3. The van der Waals surface area contributed by atoms with Crippen LogP contribution in [0.1, 0.15) is 22.5 Å². The SMILES string of the molecule is Cc1nc2c(s1)CC(C)N=C2. The van der Waals surface area contributed by atoms with Crippen LogP contribution >= 0.6 is 11.3 Å². The van der Waals surface area contributed by atoms with Crippen LogP contribution in [0.4, 0.5) is 0 Å². The lowest BCUT2D eigenvalue weighted by Gasteiger charge is -2.08. The molecule has 0 radical (unpaired) electrons. The summed E-state index contributed by atoms with van der Waals surface area (Å²) in [6, 6.07) is 0.447. The zero-order chi connectivity index (χ0) is 7.84. The van der Waals surface area contributed by atoms with E-state index in [1.807, 2.05) is 13.1 Å². The van der Waals surface area contributed by atoms with E-state index in [0.29, 0.717) is 6.04 Å². The van der Waals surface area contributed by atoms with Crippen LogP contribution in [0, 0.1) is 6.92 Å². The van der Waals surface area contributed by atoms with E-state index < -0.39 is 0 Å². The molecule has 0 amide bonds. The molecule has 11 heavy (non-hydrogen) atoms. The Labute approximate surface area is 70.0 Å². The quantitative estimate of drug-likeness (QED) is 0.577. The van der Waals surface area contributed by atoms with Gasteiger partial charge in [0, 0.05) is 17.5 Å². The Morgan fingerprint density at radius 1 is 1.64 bits per heavy atom. The molecule has 2 heterocycles. The maximum atomic E-state index is 4.35. The molecule has 2 rings (SSSR count). The fourth-order valence-electron chi connectivity index (χ4n) is 1.25. The fraction of sp³-hybridized carbons (Fsp3) is 0.500. The van der Waals surface area contributed by atoms with E-state index in [4.69, 9.17) is 0 Å². The van der Waals surface area contributed by atoms with Gasteiger partial charge in [-0.25, -0.2) is 4.98 Å².